The molecule has 0 saturated heterocycles. The minimum Gasteiger partial charge on any atom is -0.396 e. The summed E-state index contributed by atoms with van der Waals surface area (Å²) in [4.78, 5) is 11.6. The standard InChI is InChI=1S/C9H14N4O/c1-5-3-7(5)11-9(14)8-6(10)4-13(2)12-8/h4-5,7H,3,10H2,1-2H3,(H,11,14). The summed E-state index contributed by atoms with van der Waals surface area (Å²) in [5.74, 6) is 0.418. The Bertz CT molecular complexity index is 371. The van der Waals surface area contributed by atoms with Crippen LogP contribution in [0.3, 0.4) is 0 Å². The molecule has 2 rings (SSSR count). The number of carbonyl (C=O) groups is 1. The van der Waals surface area contributed by atoms with Crippen LogP contribution < -0.4 is 11.1 Å². The highest BCUT2D eigenvalue weighted by Gasteiger charge is 2.34. The normalized spacial score (nSPS) is 24.7. The van der Waals surface area contributed by atoms with Crippen LogP contribution in [0.5, 0.6) is 0 Å². The summed E-state index contributed by atoms with van der Waals surface area (Å²) in [5.41, 5.74) is 6.38. The molecular formula is C9H14N4O. The highest BCUT2D eigenvalue weighted by atomic mass is 16.2. The van der Waals surface area contributed by atoms with Crippen LogP contribution >= 0.6 is 0 Å². The molecule has 14 heavy (non-hydrogen) atoms. The van der Waals surface area contributed by atoms with Gasteiger partial charge in [0.25, 0.3) is 5.91 Å². The van der Waals surface area contributed by atoms with Gasteiger partial charge in [-0.25, -0.2) is 0 Å². The smallest absolute Gasteiger partial charge is 0.274 e. The lowest BCUT2D eigenvalue weighted by Gasteiger charge is -2.00. The summed E-state index contributed by atoms with van der Waals surface area (Å²) in [6.07, 6.45) is 2.68. The Morgan fingerprint density at radius 2 is 2.43 bits per heavy atom. The molecule has 1 fully saturated rings. The molecule has 3 N–H and O–H groups in total. The number of hydrogen-bond acceptors (Lipinski definition) is 3. The number of nitrogen functional groups attached to an aromatic ring is 1. The van der Waals surface area contributed by atoms with E-state index in [1.807, 2.05) is 0 Å². The molecule has 1 saturated carbocycles. The van der Waals surface area contributed by atoms with Gasteiger partial charge in [0.1, 0.15) is 0 Å². The molecule has 2 unspecified atom stereocenters. The maximum Gasteiger partial charge on any atom is 0.274 e. The first-order valence-corrected chi connectivity index (χ1v) is 4.68. The highest BCUT2D eigenvalue weighted by Crippen LogP contribution is 2.29. The molecule has 1 aliphatic carbocycles. The molecule has 0 bridgehead atoms. The molecule has 1 aromatic heterocycles. The number of aromatic nitrogens is 2. The van der Waals surface area contributed by atoms with E-state index in [1.54, 1.807) is 17.9 Å². The van der Waals surface area contributed by atoms with Gasteiger partial charge in [-0.2, -0.15) is 5.10 Å². The molecule has 1 heterocycles. The lowest BCUT2D eigenvalue weighted by molar-refractivity contribution is 0.0944. The van der Waals surface area contributed by atoms with Gasteiger partial charge >= 0.3 is 0 Å². The predicted octanol–water partition coefficient (Wildman–Crippen LogP) is 0.140. The van der Waals surface area contributed by atoms with Crippen molar-refractivity contribution >= 4 is 11.6 Å². The molecule has 1 aromatic rings. The predicted molar refractivity (Wildman–Crippen MR) is 52.7 cm³/mol. The zero-order valence-corrected chi connectivity index (χ0v) is 8.32. The lowest BCUT2D eigenvalue weighted by atomic mass is 10.3. The molecular weight excluding hydrogens is 180 g/mol. The van der Waals surface area contributed by atoms with Crippen molar-refractivity contribution in [2.24, 2.45) is 13.0 Å². The van der Waals surface area contributed by atoms with E-state index in [1.165, 1.54) is 0 Å². The average Bonchev–Trinajstić information content (AvgIpc) is 2.64. The number of anilines is 1. The first-order chi connectivity index (χ1) is 6.58. The number of nitrogens with two attached hydrogens (primary N) is 1. The van der Waals surface area contributed by atoms with Crippen LogP contribution in [-0.4, -0.2) is 21.7 Å². The van der Waals surface area contributed by atoms with E-state index in [2.05, 4.69) is 17.3 Å². The van der Waals surface area contributed by atoms with Gasteiger partial charge in [0.05, 0.1) is 5.69 Å². The van der Waals surface area contributed by atoms with Gasteiger partial charge < -0.3 is 11.1 Å². The molecule has 0 radical (unpaired) electrons. The van der Waals surface area contributed by atoms with Crippen LogP contribution in [0.25, 0.3) is 0 Å². The van der Waals surface area contributed by atoms with Gasteiger partial charge in [0.2, 0.25) is 0 Å². The van der Waals surface area contributed by atoms with Gasteiger partial charge in [-0.1, -0.05) is 6.92 Å². The number of amides is 1. The second-order valence-electron chi connectivity index (χ2n) is 3.90. The van der Waals surface area contributed by atoms with E-state index in [4.69, 9.17) is 5.73 Å². The Balaban J connectivity index is 2.07. The van der Waals surface area contributed by atoms with E-state index in [9.17, 15) is 4.79 Å². The van der Waals surface area contributed by atoms with Crippen LogP contribution in [0, 0.1) is 5.92 Å². The topological polar surface area (TPSA) is 72.9 Å². The first kappa shape index (κ1) is 9.05. The third kappa shape index (κ3) is 1.57. The van der Waals surface area contributed by atoms with Crippen LogP contribution in [0.1, 0.15) is 23.8 Å². The largest absolute Gasteiger partial charge is 0.396 e. The average molecular weight is 194 g/mol. The van der Waals surface area contributed by atoms with Crippen LogP contribution in [0.4, 0.5) is 5.69 Å². The second-order valence-corrected chi connectivity index (χ2v) is 3.90. The first-order valence-electron chi connectivity index (χ1n) is 4.68. The fourth-order valence-electron chi connectivity index (χ4n) is 1.44. The number of nitrogens with one attached hydrogen (secondary N) is 1. The van der Waals surface area contributed by atoms with E-state index >= 15 is 0 Å². The fourth-order valence-corrected chi connectivity index (χ4v) is 1.44. The van der Waals surface area contributed by atoms with E-state index < -0.39 is 0 Å². The van der Waals surface area contributed by atoms with Crippen molar-refractivity contribution in [3.05, 3.63) is 11.9 Å². The molecule has 0 aliphatic heterocycles. The van der Waals surface area contributed by atoms with Gasteiger partial charge in [-0.15, -0.1) is 0 Å². The van der Waals surface area contributed by atoms with Crippen LogP contribution in [0.2, 0.25) is 0 Å². The minimum atomic E-state index is -0.169. The highest BCUT2D eigenvalue weighted by molar-refractivity contribution is 5.97. The minimum absolute atomic E-state index is 0.169. The second kappa shape index (κ2) is 3.01. The van der Waals surface area contributed by atoms with Gasteiger partial charge in [0, 0.05) is 19.3 Å². The third-order valence-corrected chi connectivity index (χ3v) is 2.50. The van der Waals surface area contributed by atoms with E-state index in [0.717, 1.165) is 6.42 Å². The summed E-state index contributed by atoms with van der Waals surface area (Å²) in [6, 6.07) is 0.309. The van der Waals surface area contributed by atoms with E-state index in [0.29, 0.717) is 23.3 Å². The van der Waals surface area contributed by atoms with Crippen molar-refractivity contribution in [2.75, 3.05) is 5.73 Å². The summed E-state index contributed by atoms with van der Waals surface area (Å²) < 4.78 is 1.54. The molecule has 5 nitrogen and oxygen atoms in total. The van der Waals surface area contributed by atoms with Crippen molar-refractivity contribution in [3.8, 4) is 0 Å². The maximum absolute atomic E-state index is 11.6. The monoisotopic (exact) mass is 194 g/mol. The summed E-state index contributed by atoms with van der Waals surface area (Å²) >= 11 is 0. The van der Waals surface area contributed by atoms with Crippen molar-refractivity contribution < 1.29 is 4.79 Å². The molecule has 5 heteroatoms. The molecule has 76 valence electrons. The van der Waals surface area contributed by atoms with Crippen molar-refractivity contribution in [1.29, 1.82) is 0 Å². The van der Waals surface area contributed by atoms with Crippen LogP contribution in [0.15, 0.2) is 6.20 Å². The van der Waals surface area contributed by atoms with Gasteiger partial charge in [-0.3, -0.25) is 9.48 Å². The Kier molecular flexibility index (Phi) is 1.94. The summed E-state index contributed by atoms with van der Waals surface area (Å²) in [5, 5.41) is 6.87. The zero-order valence-electron chi connectivity index (χ0n) is 8.32. The Morgan fingerprint density at radius 3 is 2.86 bits per heavy atom. The molecule has 1 amide bonds. The van der Waals surface area contributed by atoms with Gasteiger partial charge in [-0.05, 0) is 12.3 Å². The summed E-state index contributed by atoms with van der Waals surface area (Å²) in [6.45, 7) is 2.10. The Labute approximate surface area is 82.3 Å². The number of hydrogen-bond donors (Lipinski definition) is 2. The molecule has 0 aromatic carbocycles. The van der Waals surface area contributed by atoms with Crippen LogP contribution in [-0.2, 0) is 7.05 Å². The van der Waals surface area contributed by atoms with Gasteiger partial charge in [0.15, 0.2) is 5.69 Å². The number of rotatable bonds is 2. The third-order valence-electron chi connectivity index (χ3n) is 2.50. The molecule has 2 atom stereocenters. The van der Waals surface area contributed by atoms with Crippen molar-refractivity contribution in [1.82, 2.24) is 15.1 Å². The quantitative estimate of drug-likeness (QED) is 0.703. The number of carbonyl (C=O) groups excluding carboxylic acids is 1. The zero-order chi connectivity index (χ0) is 10.3. The molecule has 1 aliphatic rings. The van der Waals surface area contributed by atoms with Crippen molar-refractivity contribution in [3.63, 3.8) is 0 Å². The fraction of sp³-hybridized carbons (Fsp3) is 0.556. The molecule has 0 spiro atoms. The van der Waals surface area contributed by atoms with E-state index in [-0.39, 0.29) is 5.91 Å². The SMILES string of the molecule is CC1CC1NC(=O)c1nn(C)cc1N. The lowest BCUT2D eigenvalue weighted by Crippen LogP contribution is -2.27. The number of nitrogens with zero attached hydrogens (tertiary/aromatic N) is 2. The maximum atomic E-state index is 11.6. The van der Waals surface area contributed by atoms with Crippen molar-refractivity contribution in [2.45, 2.75) is 19.4 Å². The Morgan fingerprint density at radius 1 is 1.79 bits per heavy atom. The Hall–Kier alpha value is -1.52. The summed E-state index contributed by atoms with van der Waals surface area (Å²) in [7, 11) is 1.74. The number of aryl methyl sites for hydroxylation is 1.